The number of halogens is 3. The molecule has 0 heterocycles. The van der Waals surface area contributed by atoms with E-state index >= 15 is 0 Å². The van der Waals surface area contributed by atoms with Crippen molar-refractivity contribution >= 4 is 56.4 Å². The quantitative estimate of drug-likeness (QED) is 0.764. The third-order valence-corrected chi connectivity index (χ3v) is 3.99. The lowest BCUT2D eigenvalue weighted by Crippen LogP contribution is -2.22. The fourth-order valence-corrected chi connectivity index (χ4v) is 2.61. The van der Waals surface area contributed by atoms with Crippen LogP contribution in [0.2, 0.25) is 10.0 Å². The van der Waals surface area contributed by atoms with Crippen LogP contribution in [-0.2, 0) is 4.79 Å². The van der Waals surface area contributed by atoms with E-state index in [2.05, 4.69) is 26.6 Å². The number of nitrogens with one attached hydrogen (secondary N) is 2. The van der Waals surface area contributed by atoms with E-state index in [1.807, 2.05) is 25.1 Å². The highest BCUT2D eigenvalue weighted by molar-refractivity contribution is 9.10. The molecule has 0 aromatic heterocycles. The average molecular weight is 388 g/mol. The Bertz CT molecular complexity index is 656. The van der Waals surface area contributed by atoms with E-state index in [1.54, 1.807) is 18.2 Å². The van der Waals surface area contributed by atoms with Crippen LogP contribution in [-0.4, -0.2) is 12.5 Å². The fourth-order valence-electron chi connectivity index (χ4n) is 1.76. The van der Waals surface area contributed by atoms with Crippen molar-refractivity contribution in [1.82, 2.24) is 0 Å². The van der Waals surface area contributed by atoms with Gasteiger partial charge in [0.1, 0.15) is 0 Å². The van der Waals surface area contributed by atoms with Gasteiger partial charge in [0.05, 0.1) is 22.3 Å². The molecule has 0 spiro atoms. The van der Waals surface area contributed by atoms with E-state index in [-0.39, 0.29) is 12.5 Å². The number of benzene rings is 2. The Kier molecular flexibility index (Phi) is 5.51. The molecule has 0 atom stereocenters. The highest BCUT2D eigenvalue weighted by Crippen LogP contribution is 2.29. The molecule has 0 saturated carbocycles. The van der Waals surface area contributed by atoms with Gasteiger partial charge in [-0.25, -0.2) is 0 Å². The van der Waals surface area contributed by atoms with Crippen LogP contribution in [0.5, 0.6) is 0 Å². The third kappa shape index (κ3) is 4.37. The average Bonchev–Trinajstić information content (AvgIpc) is 2.44. The van der Waals surface area contributed by atoms with Gasteiger partial charge in [-0.15, -0.1) is 0 Å². The lowest BCUT2D eigenvalue weighted by Gasteiger charge is -2.12. The summed E-state index contributed by atoms with van der Waals surface area (Å²) in [6.45, 7) is 2.09. The van der Waals surface area contributed by atoms with Crippen molar-refractivity contribution in [2.24, 2.45) is 0 Å². The maximum atomic E-state index is 12.0. The maximum absolute atomic E-state index is 12.0. The summed E-state index contributed by atoms with van der Waals surface area (Å²) in [5, 5.41) is 6.61. The van der Waals surface area contributed by atoms with E-state index in [1.165, 1.54) is 0 Å². The minimum absolute atomic E-state index is 0.124. The summed E-state index contributed by atoms with van der Waals surface area (Å²) in [4.78, 5) is 12.0. The predicted molar refractivity (Wildman–Crippen MR) is 92.5 cm³/mol. The van der Waals surface area contributed by atoms with Crippen LogP contribution in [0.25, 0.3) is 0 Å². The number of para-hydroxylation sites is 1. The molecule has 1 amide bonds. The Morgan fingerprint density at radius 2 is 1.86 bits per heavy atom. The van der Waals surface area contributed by atoms with E-state index in [0.717, 1.165) is 15.7 Å². The molecule has 0 fully saturated rings. The van der Waals surface area contributed by atoms with Gasteiger partial charge in [-0.05, 0) is 36.8 Å². The summed E-state index contributed by atoms with van der Waals surface area (Å²) in [5.41, 5.74) is 2.38. The predicted octanol–water partition coefficient (Wildman–Crippen LogP) is 5.11. The molecule has 0 saturated heterocycles. The number of carbonyl (C=O) groups is 1. The molecule has 3 nitrogen and oxygen atoms in total. The number of hydrogen-bond acceptors (Lipinski definition) is 2. The highest BCUT2D eigenvalue weighted by atomic mass is 79.9. The molecule has 0 aliphatic heterocycles. The Morgan fingerprint density at radius 3 is 2.52 bits per heavy atom. The standard InChI is InChI=1S/C15H13BrCl2N2O/c1-9-5-6-10(16)7-13(9)19-8-14(21)20-15-11(17)3-2-4-12(15)18/h2-7,19H,8H2,1H3,(H,20,21). The molecule has 0 aliphatic rings. The second-order valence-corrected chi connectivity index (χ2v) is 6.19. The van der Waals surface area contributed by atoms with Crippen LogP contribution in [0.1, 0.15) is 5.56 Å². The number of anilines is 2. The van der Waals surface area contributed by atoms with E-state index in [4.69, 9.17) is 23.2 Å². The molecule has 0 bridgehead atoms. The van der Waals surface area contributed by atoms with Crippen molar-refractivity contribution in [3.63, 3.8) is 0 Å². The lowest BCUT2D eigenvalue weighted by atomic mass is 10.2. The Labute approximate surface area is 141 Å². The van der Waals surface area contributed by atoms with Crippen molar-refractivity contribution in [1.29, 1.82) is 0 Å². The minimum Gasteiger partial charge on any atom is -0.376 e. The molecule has 2 rings (SSSR count). The maximum Gasteiger partial charge on any atom is 0.243 e. The molecule has 0 radical (unpaired) electrons. The highest BCUT2D eigenvalue weighted by Gasteiger charge is 2.09. The topological polar surface area (TPSA) is 41.1 Å². The van der Waals surface area contributed by atoms with Crippen LogP contribution < -0.4 is 10.6 Å². The first kappa shape index (κ1) is 16.1. The van der Waals surface area contributed by atoms with Gasteiger partial charge in [-0.3, -0.25) is 4.79 Å². The summed E-state index contributed by atoms with van der Waals surface area (Å²) >= 11 is 15.4. The van der Waals surface area contributed by atoms with Crippen LogP contribution in [0.4, 0.5) is 11.4 Å². The van der Waals surface area contributed by atoms with Gasteiger partial charge in [0.2, 0.25) is 5.91 Å². The monoisotopic (exact) mass is 386 g/mol. The van der Waals surface area contributed by atoms with Gasteiger partial charge in [-0.1, -0.05) is 51.3 Å². The largest absolute Gasteiger partial charge is 0.376 e. The van der Waals surface area contributed by atoms with E-state index in [9.17, 15) is 4.79 Å². The zero-order valence-electron chi connectivity index (χ0n) is 11.2. The molecule has 2 N–H and O–H groups in total. The summed E-state index contributed by atoms with van der Waals surface area (Å²) in [6.07, 6.45) is 0. The van der Waals surface area contributed by atoms with E-state index in [0.29, 0.717) is 15.7 Å². The van der Waals surface area contributed by atoms with Gasteiger partial charge >= 0.3 is 0 Å². The van der Waals surface area contributed by atoms with Crippen LogP contribution in [0, 0.1) is 6.92 Å². The van der Waals surface area contributed by atoms with Gasteiger partial charge in [0, 0.05) is 10.2 Å². The molecule has 0 aliphatic carbocycles. The molecular weight excluding hydrogens is 375 g/mol. The van der Waals surface area contributed by atoms with Crippen molar-refractivity contribution in [3.8, 4) is 0 Å². The summed E-state index contributed by atoms with van der Waals surface area (Å²) in [5.74, 6) is -0.218. The lowest BCUT2D eigenvalue weighted by molar-refractivity contribution is -0.114. The zero-order chi connectivity index (χ0) is 15.4. The van der Waals surface area contributed by atoms with Crippen LogP contribution in [0.3, 0.4) is 0 Å². The summed E-state index contributed by atoms with van der Waals surface area (Å²) in [6, 6.07) is 10.9. The number of amides is 1. The molecular formula is C15H13BrCl2N2O. The van der Waals surface area contributed by atoms with Crippen molar-refractivity contribution in [2.45, 2.75) is 6.92 Å². The van der Waals surface area contributed by atoms with Gasteiger partial charge in [0.15, 0.2) is 0 Å². The summed E-state index contributed by atoms with van der Waals surface area (Å²) < 4.78 is 0.949. The Morgan fingerprint density at radius 1 is 1.19 bits per heavy atom. The number of carbonyl (C=O) groups excluding carboxylic acids is 1. The number of rotatable bonds is 4. The van der Waals surface area contributed by atoms with Gasteiger partial charge in [0.25, 0.3) is 0 Å². The Hall–Kier alpha value is -1.23. The first-order chi connectivity index (χ1) is 9.97. The van der Waals surface area contributed by atoms with Crippen molar-refractivity contribution in [2.75, 3.05) is 17.2 Å². The van der Waals surface area contributed by atoms with Crippen LogP contribution >= 0.6 is 39.1 Å². The van der Waals surface area contributed by atoms with Crippen molar-refractivity contribution < 1.29 is 4.79 Å². The second kappa shape index (κ2) is 7.16. The summed E-state index contributed by atoms with van der Waals surface area (Å²) in [7, 11) is 0. The molecule has 0 unspecified atom stereocenters. The Balaban J connectivity index is 2.01. The number of hydrogen-bond donors (Lipinski definition) is 2. The smallest absolute Gasteiger partial charge is 0.243 e. The molecule has 110 valence electrons. The second-order valence-electron chi connectivity index (χ2n) is 4.46. The van der Waals surface area contributed by atoms with Crippen molar-refractivity contribution in [3.05, 3.63) is 56.5 Å². The SMILES string of the molecule is Cc1ccc(Br)cc1NCC(=O)Nc1c(Cl)cccc1Cl. The third-order valence-electron chi connectivity index (χ3n) is 2.87. The van der Waals surface area contributed by atoms with Gasteiger partial charge in [-0.2, -0.15) is 0 Å². The molecule has 2 aromatic rings. The van der Waals surface area contributed by atoms with Crippen LogP contribution in [0.15, 0.2) is 40.9 Å². The zero-order valence-corrected chi connectivity index (χ0v) is 14.3. The van der Waals surface area contributed by atoms with E-state index < -0.39 is 0 Å². The van der Waals surface area contributed by atoms with Gasteiger partial charge < -0.3 is 10.6 Å². The first-order valence-corrected chi connectivity index (χ1v) is 7.76. The molecule has 6 heteroatoms. The minimum atomic E-state index is -0.218. The first-order valence-electron chi connectivity index (χ1n) is 6.21. The molecule has 21 heavy (non-hydrogen) atoms. The number of aryl methyl sites for hydroxylation is 1. The fraction of sp³-hybridized carbons (Fsp3) is 0.133. The normalized spacial score (nSPS) is 10.3. The molecule has 2 aromatic carbocycles.